The van der Waals surface area contributed by atoms with E-state index in [1.807, 2.05) is 6.92 Å². The molecule has 0 aliphatic carbocycles. The van der Waals surface area contributed by atoms with Crippen LogP contribution in [0.2, 0.25) is 0 Å². The Morgan fingerprint density at radius 2 is 2.05 bits per heavy atom. The predicted octanol–water partition coefficient (Wildman–Crippen LogP) is 2.86. The van der Waals surface area contributed by atoms with Crippen molar-refractivity contribution in [2.24, 2.45) is 0 Å². The van der Waals surface area contributed by atoms with Crippen LogP contribution < -0.4 is 5.32 Å². The lowest BCUT2D eigenvalue weighted by Crippen LogP contribution is -2.25. The largest absolute Gasteiger partial charge is 0.370 e. The van der Waals surface area contributed by atoms with Crippen LogP contribution in [0.5, 0.6) is 0 Å². The molecule has 0 saturated heterocycles. The lowest BCUT2D eigenvalue weighted by molar-refractivity contribution is -0.385. The van der Waals surface area contributed by atoms with E-state index in [9.17, 15) is 10.1 Å². The van der Waals surface area contributed by atoms with Crippen LogP contribution in [-0.2, 0) is 0 Å². The van der Waals surface area contributed by atoms with Crippen molar-refractivity contribution >= 4 is 23.3 Å². The summed E-state index contributed by atoms with van der Waals surface area (Å²) in [5, 5.41) is 14.6. The summed E-state index contributed by atoms with van der Waals surface area (Å²) >= 11 is 1.55. The SMILES string of the molecule is CCNc1cc([N+](=O)[O-])cc(SCCN(CC)CC)n1. The number of pyridine rings is 1. The van der Waals surface area contributed by atoms with Gasteiger partial charge in [0.2, 0.25) is 0 Å². The predicted molar refractivity (Wildman–Crippen MR) is 83.6 cm³/mol. The van der Waals surface area contributed by atoms with Crippen LogP contribution in [0, 0.1) is 10.1 Å². The molecule has 0 unspecified atom stereocenters. The molecule has 1 N–H and O–H groups in total. The van der Waals surface area contributed by atoms with Crippen LogP contribution in [0.1, 0.15) is 20.8 Å². The van der Waals surface area contributed by atoms with Gasteiger partial charge in [0.15, 0.2) is 0 Å². The Morgan fingerprint density at radius 1 is 1.35 bits per heavy atom. The summed E-state index contributed by atoms with van der Waals surface area (Å²) in [6, 6.07) is 3.01. The Hall–Kier alpha value is -1.34. The third kappa shape index (κ3) is 5.34. The maximum absolute atomic E-state index is 10.9. The molecule has 112 valence electrons. The Balaban J connectivity index is 2.70. The second-order valence-electron chi connectivity index (χ2n) is 4.21. The molecule has 1 rings (SSSR count). The molecule has 7 heteroatoms. The minimum absolute atomic E-state index is 0.0845. The van der Waals surface area contributed by atoms with Crippen LogP contribution in [0.4, 0.5) is 11.5 Å². The normalized spacial score (nSPS) is 10.8. The Kier molecular flexibility index (Phi) is 7.32. The second-order valence-corrected chi connectivity index (χ2v) is 5.33. The molecule has 20 heavy (non-hydrogen) atoms. The van der Waals surface area contributed by atoms with Crippen molar-refractivity contribution < 1.29 is 4.92 Å². The Morgan fingerprint density at radius 3 is 2.60 bits per heavy atom. The number of hydrogen-bond donors (Lipinski definition) is 1. The average molecular weight is 298 g/mol. The van der Waals surface area contributed by atoms with Gasteiger partial charge in [-0.25, -0.2) is 4.98 Å². The Bertz CT molecular complexity index is 438. The topological polar surface area (TPSA) is 71.3 Å². The summed E-state index contributed by atoms with van der Waals surface area (Å²) in [6.07, 6.45) is 0. The van der Waals surface area contributed by atoms with Gasteiger partial charge >= 0.3 is 0 Å². The summed E-state index contributed by atoms with van der Waals surface area (Å²) in [7, 11) is 0. The van der Waals surface area contributed by atoms with Gasteiger partial charge in [0.05, 0.1) is 11.0 Å². The minimum Gasteiger partial charge on any atom is -0.370 e. The summed E-state index contributed by atoms with van der Waals surface area (Å²) in [5.41, 5.74) is 0.0845. The average Bonchev–Trinajstić information content (AvgIpc) is 2.44. The first-order chi connectivity index (χ1) is 9.60. The zero-order chi connectivity index (χ0) is 15.0. The third-order valence-electron chi connectivity index (χ3n) is 2.91. The zero-order valence-electron chi connectivity index (χ0n) is 12.3. The highest BCUT2D eigenvalue weighted by molar-refractivity contribution is 7.99. The Labute approximate surface area is 124 Å². The number of hydrogen-bond acceptors (Lipinski definition) is 6. The number of nitrogens with one attached hydrogen (secondary N) is 1. The molecule has 0 radical (unpaired) electrons. The van der Waals surface area contributed by atoms with E-state index in [0.29, 0.717) is 17.4 Å². The molecular formula is C13H22N4O2S. The number of nitro groups is 1. The van der Waals surface area contributed by atoms with Gasteiger partial charge in [-0.2, -0.15) is 0 Å². The number of rotatable bonds is 9. The molecule has 0 aliphatic heterocycles. The summed E-state index contributed by atoms with van der Waals surface area (Å²) in [5.74, 6) is 1.44. The van der Waals surface area contributed by atoms with E-state index in [0.717, 1.165) is 25.4 Å². The number of anilines is 1. The molecule has 1 aromatic heterocycles. The number of aromatic nitrogens is 1. The monoisotopic (exact) mass is 298 g/mol. The second kappa shape index (κ2) is 8.76. The molecule has 0 spiro atoms. The van der Waals surface area contributed by atoms with Crippen molar-refractivity contribution in [1.29, 1.82) is 0 Å². The van der Waals surface area contributed by atoms with E-state index in [1.54, 1.807) is 11.8 Å². The van der Waals surface area contributed by atoms with Gasteiger partial charge < -0.3 is 10.2 Å². The zero-order valence-corrected chi connectivity index (χ0v) is 13.1. The molecule has 0 saturated carbocycles. The number of thioether (sulfide) groups is 1. The van der Waals surface area contributed by atoms with Crippen molar-refractivity contribution in [3.8, 4) is 0 Å². The van der Waals surface area contributed by atoms with Gasteiger partial charge in [-0.3, -0.25) is 10.1 Å². The van der Waals surface area contributed by atoms with Crippen LogP contribution in [0.3, 0.4) is 0 Å². The van der Waals surface area contributed by atoms with Gasteiger partial charge in [0.25, 0.3) is 5.69 Å². The standard InChI is InChI=1S/C13H22N4O2S/c1-4-14-12-9-11(17(18)19)10-13(15-12)20-8-7-16(5-2)6-3/h9-10H,4-8H2,1-3H3,(H,14,15). The maximum Gasteiger partial charge on any atom is 0.275 e. The first-order valence-corrected chi connectivity index (χ1v) is 7.84. The van der Waals surface area contributed by atoms with E-state index in [4.69, 9.17) is 0 Å². The fraction of sp³-hybridized carbons (Fsp3) is 0.615. The van der Waals surface area contributed by atoms with Gasteiger partial charge in [0.1, 0.15) is 10.8 Å². The van der Waals surface area contributed by atoms with Gasteiger partial charge in [-0.05, 0) is 20.0 Å². The summed E-state index contributed by atoms with van der Waals surface area (Å²) in [6.45, 7) is 9.88. The van der Waals surface area contributed by atoms with Crippen molar-refractivity contribution in [3.05, 3.63) is 22.2 Å². The van der Waals surface area contributed by atoms with E-state index < -0.39 is 0 Å². The van der Waals surface area contributed by atoms with Crippen LogP contribution >= 0.6 is 11.8 Å². The molecule has 1 heterocycles. The van der Waals surface area contributed by atoms with Gasteiger partial charge in [-0.1, -0.05) is 13.8 Å². The first kappa shape index (κ1) is 16.7. The van der Waals surface area contributed by atoms with E-state index in [2.05, 4.69) is 29.0 Å². The highest BCUT2D eigenvalue weighted by Crippen LogP contribution is 2.24. The molecule has 0 amide bonds. The van der Waals surface area contributed by atoms with Crippen molar-refractivity contribution in [1.82, 2.24) is 9.88 Å². The van der Waals surface area contributed by atoms with Crippen molar-refractivity contribution in [2.75, 3.05) is 37.2 Å². The fourth-order valence-corrected chi connectivity index (χ4v) is 2.69. The molecule has 0 aliphatic rings. The van der Waals surface area contributed by atoms with Crippen LogP contribution in [0.15, 0.2) is 17.2 Å². The smallest absolute Gasteiger partial charge is 0.275 e. The van der Waals surface area contributed by atoms with E-state index in [-0.39, 0.29) is 10.6 Å². The number of nitrogens with zero attached hydrogens (tertiary/aromatic N) is 3. The molecule has 0 aromatic carbocycles. The highest BCUT2D eigenvalue weighted by Gasteiger charge is 2.11. The lowest BCUT2D eigenvalue weighted by Gasteiger charge is -2.17. The molecule has 0 atom stereocenters. The van der Waals surface area contributed by atoms with Crippen molar-refractivity contribution in [3.63, 3.8) is 0 Å². The minimum atomic E-state index is -0.378. The molecule has 1 aromatic rings. The first-order valence-electron chi connectivity index (χ1n) is 6.86. The fourth-order valence-electron chi connectivity index (χ4n) is 1.76. The maximum atomic E-state index is 10.9. The molecular weight excluding hydrogens is 276 g/mol. The highest BCUT2D eigenvalue weighted by atomic mass is 32.2. The van der Waals surface area contributed by atoms with Gasteiger partial charge in [0, 0.05) is 24.9 Å². The van der Waals surface area contributed by atoms with Crippen molar-refractivity contribution in [2.45, 2.75) is 25.8 Å². The van der Waals surface area contributed by atoms with Crippen LogP contribution in [0.25, 0.3) is 0 Å². The van der Waals surface area contributed by atoms with E-state index in [1.165, 1.54) is 12.1 Å². The van der Waals surface area contributed by atoms with E-state index >= 15 is 0 Å². The lowest BCUT2D eigenvalue weighted by atomic mass is 10.4. The summed E-state index contributed by atoms with van der Waals surface area (Å²) < 4.78 is 0. The third-order valence-corrected chi connectivity index (χ3v) is 3.80. The van der Waals surface area contributed by atoms with Gasteiger partial charge in [-0.15, -0.1) is 11.8 Å². The molecule has 0 bridgehead atoms. The molecule has 0 fully saturated rings. The summed E-state index contributed by atoms with van der Waals surface area (Å²) in [4.78, 5) is 17.2. The van der Waals surface area contributed by atoms with Crippen LogP contribution in [-0.4, -0.2) is 46.7 Å². The molecule has 6 nitrogen and oxygen atoms in total. The quantitative estimate of drug-likeness (QED) is 0.429.